The van der Waals surface area contributed by atoms with Crippen LogP contribution in [0.25, 0.3) is 0 Å². The Kier molecular flexibility index (Phi) is 5.81. The highest BCUT2D eigenvalue weighted by molar-refractivity contribution is 7.97. The van der Waals surface area contributed by atoms with Crippen LogP contribution in [0.3, 0.4) is 0 Å². The topological polar surface area (TPSA) is 95.6 Å². The number of benzene rings is 2. The molecular formula is C22H18FN3O4S2. The molecule has 164 valence electrons. The van der Waals surface area contributed by atoms with Crippen LogP contribution in [0, 0.1) is 5.82 Å². The van der Waals surface area contributed by atoms with Gasteiger partial charge < -0.3 is 10.6 Å². The molecule has 7 nitrogen and oxygen atoms in total. The van der Waals surface area contributed by atoms with Crippen molar-refractivity contribution >= 4 is 50.1 Å². The van der Waals surface area contributed by atoms with Gasteiger partial charge in [-0.3, -0.25) is 13.9 Å². The zero-order chi connectivity index (χ0) is 22.9. The van der Waals surface area contributed by atoms with E-state index in [-0.39, 0.29) is 18.1 Å². The van der Waals surface area contributed by atoms with E-state index in [2.05, 4.69) is 10.6 Å². The number of nitrogens with one attached hydrogen (secondary N) is 2. The predicted molar refractivity (Wildman–Crippen MR) is 123 cm³/mol. The number of rotatable bonds is 5. The van der Waals surface area contributed by atoms with Gasteiger partial charge in [0.25, 0.3) is 10.0 Å². The molecule has 0 fully saturated rings. The van der Waals surface area contributed by atoms with Gasteiger partial charge in [-0.15, -0.1) is 11.3 Å². The number of allylic oxidation sites excluding steroid dienone is 1. The lowest BCUT2D eigenvalue weighted by Gasteiger charge is -2.29. The number of fused-ring (bicyclic) bond motifs is 1. The number of hydrogen-bond acceptors (Lipinski definition) is 6. The number of sulfonamides is 1. The molecule has 32 heavy (non-hydrogen) atoms. The molecule has 0 saturated carbocycles. The minimum absolute atomic E-state index is 0.111. The molecule has 0 saturated heterocycles. The predicted octanol–water partition coefficient (Wildman–Crippen LogP) is 4.33. The molecule has 2 N–H and O–H groups in total. The van der Waals surface area contributed by atoms with Crippen molar-refractivity contribution in [1.29, 1.82) is 0 Å². The van der Waals surface area contributed by atoms with Gasteiger partial charge in [0.05, 0.1) is 12.2 Å². The quantitative estimate of drug-likeness (QED) is 0.540. The Balaban J connectivity index is 1.66. The van der Waals surface area contributed by atoms with Crippen molar-refractivity contribution in [3.63, 3.8) is 0 Å². The summed E-state index contributed by atoms with van der Waals surface area (Å²) in [5.41, 5.74) is 1.85. The molecule has 0 bridgehead atoms. The van der Waals surface area contributed by atoms with E-state index >= 15 is 0 Å². The van der Waals surface area contributed by atoms with Gasteiger partial charge >= 0.3 is 0 Å². The number of nitrogens with zero attached hydrogens (tertiary/aromatic N) is 1. The average Bonchev–Trinajstić information content (AvgIpc) is 3.22. The Morgan fingerprint density at radius 2 is 1.84 bits per heavy atom. The first-order valence-electron chi connectivity index (χ1n) is 9.49. The van der Waals surface area contributed by atoms with Gasteiger partial charge in [-0.05, 0) is 53.4 Å². The highest BCUT2D eigenvalue weighted by atomic mass is 32.2. The second-order valence-corrected chi connectivity index (χ2v) is 9.76. The average molecular weight is 472 g/mol. The van der Waals surface area contributed by atoms with E-state index in [1.54, 1.807) is 41.8 Å². The Morgan fingerprint density at radius 3 is 2.53 bits per heavy atom. The summed E-state index contributed by atoms with van der Waals surface area (Å²) < 4.78 is 41.4. The number of anilines is 3. The van der Waals surface area contributed by atoms with Crippen LogP contribution >= 0.6 is 11.3 Å². The van der Waals surface area contributed by atoms with E-state index in [9.17, 15) is 22.4 Å². The minimum atomic E-state index is -4.19. The summed E-state index contributed by atoms with van der Waals surface area (Å²) in [4.78, 5) is 24.0. The zero-order valence-electron chi connectivity index (χ0n) is 16.8. The van der Waals surface area contributed by atoms with Gasteiger partial charge in [-0.25, -0.2) is 12.8 Å². The van der Waals surface area contributed by atoms with Crippen LogP contribution in [0.5, 0.6) is 0 Å². The molecule has 0 unspecified atom stereocenters. The van der Waals surface area contributed by atoms with E-state index in [0.717, 1.165) is 21.8 Å². The van der Waals surface area contributed by atoms with Crippen LogP contribution in [-0.2, 0) is 21.4 Å². The first-order valence-corrected chi connectivity index (χ1v) is 11.8. The summed E-state index contributed by atoms with van der Waals surface area (Å²) in [6.07, 6.45) is 1.16. The summed E-state index contributed by atoms with van der Waals surface area (Å²) >= 11 is 1.15. The molecule has 0 atom stereocenters. The molecule has 0 spiro atoms. The maximum atomic E-state index is 13.6. The molecule has 0 radical (unpaired) electrons. The Morgan fingerprint density at radius 1 is 1.12 bits per heavy atom. The van der Waals surface area contributed by atoms with Gasteiger partial charge in [0.1, 0.15) is 10.7 Å². The monoisotopic (exact) mass is 471 g/mol. The Bertz CT molecular complexity index is 1330. The molecule has 1 aromatic heterocycles. The van der Waals surface area contributed by atoms with Crippen molar-refractivity contribution in [2.45, 2.75) is 13.5 Å². The third-order valence-electron chi connectivity index (χ3n) is 4.70. The minimum Gasteiger partial charge on any atom is -0.360 e. The largest absolute Gasteiger partial charge is 0.360 e. The van der Waals surface area contributed by atoms with Crippen LogP contribution in [0.1, 0.15) is 22.2 Å². The highest BCUT2D eigenvalue weighted by Gasteiger charge is 2.41. The van der Waals surface area contributed by atoms with Crippen molar-refractivity contribution < 1.29 is 22.4 Å². The molecule has 0 aliphatic carbocycles. The number of amides is 1. The zero-order valence-corrected chi connectivity index (χ0v) is 18.5. The van der Waals surface area contributed by atoms with Crippen molar-refractivity contribution in [3.8, 4) is 0 Å². The number of thiophene rings is 1. The molecule has 1 aliphatic heterocycles. The summed E-state index contributed by atoms with van der Waals surface area (Å²) in [5, 5.41) is 7.12. The molecule has 2 heterocycles. The molecule has 2 aromatic carbocycles. The second-order valence-electron chi connectivity index (χ2n) is 7.02. The Hall–Kier alpha value is -3.50. The van der Waals surface area contributed by atoms with Crippen LogP contribution < -0.4 is 14.9 Å². The first-order chi connectivity index (χ1) is 15.3. The fraction of sp³-hybridized carbons (Fsp3) is 0.0909. The molecule has 1 aliphatic rings. The van der Waals surface area contributed by atoms with E-state index in [4.69, 9.17) is 0 Å². The molecular weight excluding hydrogens is 453 g/mol. The maximum Gasteiger partial charge on any atom is 0.270 e. The lowest BCUT2D eigenvalue weighted by molar-refractivity contribution is -0.114. The lowest BCUT2D eigenvalue weighted by Crippen LogP contribution is -2.38. The van der Waals surface area contributed by atoms with Gasteiger partial charge in [0, 0.05) is 24.5 Å². The number of halogens is 1. The highest BCUT2D eigenvalue weighted by Crippen LogP contribution is 2.39. The number of hydrogen-bond donors (Lipinski definition) is 2. The number of carbonyl (C=O) groups is 2. The van der Waals surface area contributed by atoms with Gasteiger partial charge in [-0.1, -0.05) is 12.1 Å². The van der Waals surface area contributed by atoms with Crippen LogP contribution in [-0.4, -0.2) is 20.1 Å². The summed E-state index contributed by atoms with van der Waals surface area (Å²) in [6, 6.07) is 13.8. The van der Waals surface area contributed by atoms with E-state index in [1.165, 1.54) is 25.1 Å². The SMILES string of the molecule is CC(=O)Nc1ccc(N/C=C2/C(=O)c3sccc3N(Cc3cccc(F)c3)S2(=O)=O)cc1. The number of ketones is 1. The lowest BCUT2D eigenvalue weighted by atomic mass is 10.2. The molecule has 10 heteroatoms. The van der Waals surface area contributed by atoms with Gasteiger partial charge in [0.2, 0.25) is 11.7 Å². The third kappa shape index (κ3) is 4.27. The van der Waals surface area contributed by atoms with E-state index < -0.39 is 26.5 Å². The van der Waals surface area contributed by atoms with Gasteiger partial charge in [-0.2, -0.15) is 0 Å². The fourth-order valence-corrected chi connectivity index (χ4v) is 5.74. The van der Waals surface area contributed by atoms with Crippen LogP contribution in [0.4, 0.5) is 21.5 Å². The third-order valence-corrected chi connectivity index (χ3v) is 7.37. The van der Waals surface area contributed by atoms with Crippen molar-refractivity contribution in [2.24, 2.45) is 0 Å². The van der Waals surface area contributed by atoms with Crippen LogP contribution in [0.2, 0.25) is 0 Å². The molecule has 1 amide bonds. The fourth-order valence-electron chi connectivity index (χ4n) is 3.26. The Labute approximate surface area is 188 Å². The second kappa shape index (κ2) is 8.56. The number of carbonyl (C=O) groups excluding carboxylic acids is 2. The maximum absolute atomic E-state index is 13.6. The summed E-state index contributed by atoms with van der Waals surface area (Å²) in [7, 11) is -4.19. The van der Waals surface area contributed by atoms with Crippen molar-refractivity contribution in [1.82, 2.24) is 0 Å². The smallest absolute Gasteiger partial charge is 0.270 e. The number of Topliss-reactive ketones (excluding diaryl/α,β-unsaturated/α-hetero) is 1. The standard InChI is InChI=1S/C22H18FN3O4S2/c1-14(27)25-18-7-5-17(6-8-18)24-12-20-21(28)22-19(9-10-31-22)26(32(20,29)30)13-15-3-2-4-16(23)11-15/h2-12,24H,13H2,1H3,(H,25,27)/b20-12-. The van der Waals surface area contributed by atoms with E-state index in [1.807, 2.05) is 0 Å². The summed E-state index contributed by atoms with van der Waals surface area (Å²) in [6.45, 7) is 1.28. The van der Waals surface area contributed by atoms with E-state index in [0.29, 0.717) is 21.8 Å². The van der Waals surface area contributed by atoms with Crippen LogP contribution in [0.15, 0.2) is 71.1 Å². The summed E-state index contributed by atoms with van der Waals surface area (Å²) in [5.74, 6) is -1.29. The van der Waals surface area contributed by atoms with Crippen molar-refractivity contribution in [2.75, 3.05) is 14.9 Å². The van der Waals surface area contributed by atoms with Gasteiger partial charge in [0.15, 0.2) is 4.91 Å². The molecule has 4 rings (SSSR count). The molecule has 3 aromatic rings. The normalized spacial score (nSPS) is 16.0. The first kappa shape index (κ1) is 21.7. The van der Waals surface area contributed by atoms with Crippen molar-refractivity contribution in [3.05, 3.63) is 87.3 Å².